The van der Waals surface area contributed by atoms with E-state index in [4.69, 9.17) is 30.5 Å². The van der Waals surface area contributed by atoms with E-state index in [0.29, 0.717) is 0 Å². The second kappa shape index (κ2) is 11.4. The Morgan fingerprint density at radius 1 is 1.24 bits per heavy atom. The number of H-pyrrole nitrogens is 1. The Hall–Kier alpha value is -1.97. The molecule has 2 aliphatic heterocycles. The predicted octanol–water partition coefficient (Wildman–Crippen LogP) is 2.20. The first-order valence-electron chi connectivity index (χ1n) is 11.3. The van der Waals surface area contributed by atoms with Crippen LogP contribution in [0.15, 0.2) is 11.1 Å². The van der Waals surface area contributed by atoms with Crippen molar-refractivity contribution in [3.05, 3.63) is 16.7 Å². The van der Waals surface area contributed by atoms with Crippen LogP contribution < -0.4 is 10.9 Å². The lowest BCUT2D eigenvalue weighted by molar-refractivity contribution is -0.165. The number of aromatic nitrogens is 4. The van der Waals surface area contributed by atoms with Crippen molar-refractivity contribution in [1.82, 2.24) is 19.5 Å². The van der Waals surface area contributed by atoms with Gasteiger partial charge in [0.1, 0.15) is 6.10 Å². The maximum Gasteiger partial charge on any atom is 0.303 e. The molecule has 4 rings (SSSR count). The molecule has 0 unspecified atom stereocenters. The van der Waals surface area contributed by atoms with Crippen LogP contribution in [0.5, 0.6) is 0 Å². The molecular formula is C20H26N5O8PS3. The van der Waals surface area contributed by atoms with Gasteiger partial charge in [0.2, 0.25) is 11.9 Å². The fraction of sp³-hybridized carbons (Fsp3) is 0.600. The van der Waals surface area contributed by atoms with E-state index >= 15 is 0 Å². The first-order chi connectivity index (χ1) is 17.5. The standard InChI is InChI=1S/C20H26N5O8PS3/c1-9(2)17(28)23-20-22-16-13(18(29)24-20)21-8-25(16)19-15(32-11(4)27)14(31-10(3)26)12(33-19)7-30-34(35)36-5-6-37-34/h8-9,12,14-15,19H,5-7H2,1-4H3,(H2,22,23,24,28,29)/t12-,14-,15-,19-/m1/s1. The van der Waals surface area contributed by atoms with Crippen molar-refractivity contribution in [3.63, 3.8) is 0 Å². The molecule has 13 nitrogen and oxygen atoms in total. The topological polar surface area (TPSA) is 164 Å². The minimum absolute atomic E-state index is 0.000172. The third-order valence-corrected chi connectivity index (χ3v) is 15.2. The molecule has 37 heavy (non-hydrogen) atoms. The SMILES string of the molecule is CC(=O)O[C@@H]1[C@H](OC(C)=O)[C@@H](COP2(=S)SCCS2)O[C@H]1n1cnc2c(=O)[nH]c(NC(=O)C(C)C)nc21. The number of anilines is 1. The zero-order valence-corrected chi connectivity index (χ0v) is 23.7. The minimum Gasteiger partial charge on any atom is -0.456 e. The Bertz CT molecular complexity index is 1310. The van der Waals surface area contributed by atoms with E-state index < -0.39 is 46.7 Å². The van der Waals surface area contributed by atoms with E-state index in [1.54, 1.807) is 36.6 Å². The number of imidazole rings is 1. The number of nitrogens with one attached hydrogen (secondary N) is 2. The van der Waals surface area contributed by atoms with Gasteiger partial charge in [0, 0.05) is 31.3 Å². The summed E-state index contributed by atoms with van der Waals surface area (Å²) in [5.74, 6) is -0.245. The van der Waals surface area contributed by atoms with Crippen molar-refractivity contribution in [2.45, 2.75) is 52.2 Å². The van der Waals surface area contributed by atoms with Gasteiger partial charge in [-0.2, -0.15) is 4.98 Å². The lowest BCUT2D eigenvalue weighted by Gasteiger charge is -2.24. The molecule has 2 saturated heterocycles. The summed E-state index contributed by atoms with van der Waals surface area (Å²) in [6.45, 7) is 5.84. The molecule has 0 aromatic carbocycles. The van der Waals surface area contributed by atoms with Crippen molar-refractivity contribution in [2.75, 3.05) is 23.4 Å². The highest BCUT2D eigenvalue weighted by molar-refractivity contribution is 9.00. The molecule has 0 saturated carbocycles. The maximum absolute atomic E-state index is 12.6. The van der Waals surface area contributed by atoms with Gasteiger partial charge >= 0.3 is 11.9 Å². The second-order valence-corrected chi connectivity index (χ2v) is 19.2. The molecule has 0 spiro atoms. The highest BCUT2D eigenvalue weighted by atomic mass is 33.2. The summed E-state index contributed by atoms with van der Waals surface area (Å²) in [4.78, 5) is 59.7. The normalized spacial score (nSPS) is 24.9. The monoisotopic (exact) mass is 591 g/mol. The summed E-state index contributed by atoms with van der Waals surface area (Å²) >= 11 is 8.82. The predicted molar refractivity (Wildman–Crippen MR) is 142 cm³/mol. The molecule has 2 aromatic rings. The first kappa shape index (κ1) is 28.0. The number of esters is 2. The van der Waals surface area contributed by atoms with E-state index in [1.807, 2.05) is 0 Å². The number of aromatic amines is 1. The average molecular weight is 592 g/mol. The van der Waals surface area contributed by atoms with Crippen LogP contribution in [0.2, 0.25) is 0 Å². The third kappa shape index (κ3) is 6.37. The molecule has 202 valence electrons. The fourth-order valence-electron chi connectivity index (χ4n) is 3.72. The molecule has 0 aliphatic carbocycles. The van der Waals surface area contributed by atoms with Crippen molar-refractivity contribution < 1.29 is 33.1 Å². The number of hydrogen-bond acceptors (Lipinski definition) is 13. The molecule has 0 bridgehead atoms. The van der Waals surface area contributed by atoms with Gasteiger partial charge in [0.15, 0.2) is 34.3 Å². The lowest BCUT2D eigenvalue weighted by Crippen LogP contribution is -2.40. The molecule has 0 radical (unpaired) electrons. The number of hydrogen-bond donors (Lipinski definition) is 2. The Morgan fingerprint density at radius 3 is 2.51 bits per heavy atom. The molecule has 2 aliphatic rings. The van der Waals surface area contributed by atoms with E-state index in [-0.39, 0.29) is 35.5 Å². The van der Waals surface area contributed by atoms with E-state index in [0.717, 1.165) is 11.5 Å². The summed E-state index contributed by atoms with van der Waals surface area (Å²) in [5.41, 5.74) is -0.540. The first-order valence-corrected chi connectivity index (χ1v) is 17.2. The van der Waals surface area contributed by atoms with Gasteiger partial charge in [-0.15, -0.1) is 0 Å². The van der Waals surface area contributed by atoms with Gasteiger partial charge in [-0.3, -0.25) is 34.0 Å². The zero-order valence-electron chi connectivity index (χ0n) is 20.4. The number of carbonyl (C=O) groups is 3. The molecule has 2 aromatic heterocycles. The summed E-state index contributed by atoms with van der Waals surface area (Å²) < 4.78 is 22.5. The highest BCUT2D eigenvalue weighted by Gasteiger charge is 2.51. The Labute approximate surface area is 224 Å². The van der Waals surface area contributed by atoms with E-state index in [9.17, 15) is 19.2 Å². The van der Waals surface area contributed by atoms with Gasteiger partial charge in [-0.05, 0) is 11.8 Å². The van der Waals surface area contributed by atoms with Gasteiger partial charge < -0.3 is 18.7 Å². The van der Waals surface area contributed by atoms with Gasteiger partial charge in [0.05, 0.1) is 12.9 Å². The van der Waals surface area contributed by atoms with Gasteiger partial charge in [-0.25, -0.2) is 4.98 Å². The van der Waals surface area contributed by atoms with Crippen LogP contribution in [-0.4, -0.2) is 73.8 Å². The molecule has 1 amide bonds. The second-order valence-electron chi connectivity index (χ2n) is 8.51. The average Bonchev–Trinajstić information content (AvgIpc) is 3.50. The van der Waals surface area contributed by atoms with Gasteiger partial charge in [0.25, 0.3) is 5.56 Å². The van der Waals surface area contributed by atoms with Crippen molar-refractivity contribution >= 4 is 74.2 Å². The van der Waals surface area contributed by atoms with Crippen LogP contribution >= 0.6 is 27.4 Å². The van der Waals surface area contributed by atoms with Crippen LogP contribution in [0, 0.1) is 5.92 Å². The molecule has 2 N–H and O–H groups in total. The molecule has 4 atom stereocenters. The smallest absolute Gasteiger partial charge is 0.303 e. The van der Waals surface area contributed by atoms with Crippen molar-refractivity contribution in [3.8, 4) is 0 Å². The molecule has 4 heterocycles. The van der Waals surface area contributed by atoms with Crippen LogP contribution in [0.4, 0.5) is 5.95 Å². The van der Waals surface area contributed by atoms with Crippen LogP contribution in [0.1, 0.15) is 33.9 Å². The van der Waals surface area contributed by atoms with Crippen molar-refractivity contribution in [1.29, 1.82) is 0 Å². The molecule has 2 fully saturated rings. The van der Waals surface area contributed by atoms with Crippen LogP contribution in [0.3, 0.4) is 0 Å². The third-order valence-electron chi connectivity index (χ3n) is 5.34. The fourth-order valence-corrected chi connectivity index (χ4v) is 12.6. The molecular weight excluding hydrogens is 565 g/mol. The Kier molecular flexibility index (Phi) is 8.65. The van der Waals surface area contributed by atoms with Crippen molar-refractivity contribution in [2.24, 2.45) is 5.92 Å². The summed E-state index contributed by atoms with van der Waals surface area (Å²) in [6.07, 6.45) is -2.73. The summed E-state index contributed by atoms with van der Waals surface area (Å²) in [5, 5.41) is 2.55. The number of ether oxygens (including phenoxy) is 3. The number of carbonyl (C=O) groups excluding carboxylic acids is 3. The lowest BCUT2D eigenvalue weighted by atomic mass is 10.1. The number of amides is 1. The summed E-state index contributed by atoms with van der Waals surface area (Å²) in [6, 6.07) is 0. The highest BCUT2D eigenvalue weighted by Crippen LogP contribution is 2.74. The molecule has 17 heteroatoms. The van der Waals surface area contributed by atoms with Gasteiger partial charge in [-0.1, -0.05) is 36.6 Å². The maximum atomic E-state index is 12.6. The summed E-state index contributed by atoms with van der Waals surface area (Å²) in [7, 11) is 0. The van der Waals surface area contributed by atoms with E-state index in [1.165, 1.54) is 24.7 Å². The van der Waals surface area contributed by atoms with E-state index in [2.05, 4.69) is 20.3 Å². The minimum atomic E-state index is -2.16. The Balaban J connectivity index is 1.71. The van der Waals surface area contributed by atoms with Crippen LogP contribution in [0.25, 0.3) is 11.2 Å². The Morgan fingerprint density at radius 2 is 1.89 bits per heavy atom. The quantitative estimate of drug-likeness (QED) is 0.339. The number of rotatable bonds is 8. The number of nitrogens with zero attached hydrogens (tertiary/aromatic N) is 3. The zero-order chi connectivity index (χ0) is 26.9. The number of fused-ring (bicyclic) bond motifs is 1. The van der Waals surface area contributed by atoms with Crippen LogP contribution in [-0.2, 0) is 44.9 Å². The largest absolute Gasteiger partial charge is 0.456 e.